The van der Waals surface area contributed by atoms with Crippen molar-refractivity contribution in [3.05, 3.63) is 71.8 Å². The number of fused-ring (bicyclic) bond motifs is 2. The quantitative estimate of drug-likeness (QED) is 0.0992. The summed E-state index contributed by atoms with van der Waals surface area (Å²) in [4.78, 5) is 71.2. The van der Waals surface area contributed by atoms with Crippen molar-refractivity contribution in [2.24, 2.45) is 17.4 Å². The van der Waals surface area contributed by atoms with E-state index >= 15 is 0 Å². The Bertz CT molecular complexity index is 1460. The summed E-state index contributed by atoms with van der Waals surface area (Å²) in [7, 11) is 0. The summed E-state index contributed by atoms with van der Waals surface area (Å²) in [6.45, 7) is 7.74. The number of esters is 1. The van der Waals surface area contributed by atoms with Crippen molar-refractivity contribution in [3.63, 3.8) is 0 Å². The van der Waals surface area contributed by atoms with Gasteiger partial charge in [0.05, 0.1) is 19.2 Å². The highest BCUT2D eigenvalue weighted by Crippen LogP contribution is 2.33. The first-order valence-electron chi connectivity index (χ1n) is 18.6. The van der Waals surface area contributed by atoms with Gasteiger partial charge in [0, 0.05) is 31.6 Å². The summed E-state index contributed by atoms with van der Waals surface area (Å²) in [6.07, 6.45) is 3.38. The summed E-state index contributed by atoms with van der Waals surface area (Å²) < 4.78 is 5.10. The van der Waals surface area contributed by atoms with E-state index in [1.807, 2.05) is 84.3 Å². The molecule has 6 atom stereocenters. The number of piperazine rings is 1. The molecule has 0 spiro atoms. The lowest BCUT2D eigenvalue weighted by Crippen LogP contribution is -2.72. The molecule has 2 bridgehead atoms. The lowest BCUT2D eigenvalue weighted by Gasteiger charge is -2.56. The van der Waals surface area contributed by atoms with E-state index in [2.05, 4.69) is 16.0 Å². The van der Waals surface area contributed by atoms with E-state index in [4.69, 9.17) is 16.2 Å². The highest BCUT2D eigenvalue weighted by Gasteiger charge is 2.49. The van der Waals surface area contributed by atoms with Crippen molar-refractivity contribution >= 4 is 29.6 Å². The molecule has 0 radical (unpaired) electrons. The highest BCUT2D eigenvalue weighted by atomic mass is 16.5. The Balaban J connectivity index is 1.46. The van der Waals surface area contributed by atoms with Crippen LogP contribution in [0.5, 0.6) is 0 Å². The Labute approximate surface area is 307 Å². The van der Waals surface area contributed by atoms with Gasteiger partial charge in [0.15, 0.2) is 0 Å². The van der Waals surface area contributed by atoms with Crippen LogP contribution in [0.3, 0.4) is 0 Å². The van der Waals surface area contributed by atoms with Crippen LogP contribution in [0.25, 0.3) is 0 Å². The van der Waals surface area contributed by atoms with E-state index in [0.717, 1.165) is 17.5 Å². The number of nitrogens with zero attached hydrogens (tertiary/aromatic N) is 2. The Kier molecular flexibility index (Phi) is 15.6. The van der Waals surface area contributed by atoms with Crippen LogP contribution in [0.2, 0.25) is 0 Å². The topological polar surface area (TPSA) is 189 Å². The van der Waals surface area contributed by atoms with E-state index in [1.165, 1.54) is 0 Å². The minimum atomic E-state index is -1.00. The Morgan fingerprint density at radius 3 is 1.92 bits per heavy atom. The summed E-state index contributed by atoms with van der Waals surface area (Å²) in [5.41, 5.74) is 13.8. The Morgan fingerprint density at radius 2 is 1.35 bits per heavy atom. The fourth-order valence-corrected chi connectivity index (χ4v) is 7.05. The molecule has 13 nitrogen and oxygen atoms in total. The first kappa shape index (κ1) is 40.4. The molecule has 3 aliphatic rings. The van der Waals surface area contributed by atoms with Crippen LogP contribution in [-0.4, -0.2) is 108 Å². The fraction of sp³-hybridized carbons (Fsp3) is 0.564. The summed E-state index contributed by atoms with van der Waals surface area (Å²) >= 11 is 0. The molecule has 284 valence electrons. The van der Waals surface area contributed by atoms with Gasteiger partial charge in [-0.2, -0.15) is 0 Å². The number of piperidine rings is 1. The van der Waals surface area contributed by atoms with Crippen molar-refractivity contribution in [2.75, 3.05) is 32.8 Å². The van der Waals surface area contributed by atoms with Crippen molar-refractivity contribution in [3.8, 4) is 0 Å². The predicted octanol–water partition coefficient (Wildman–Crippen LogP) is 1.28. The lowest BCUT2D eigenvalue weighted by molar-refractivity contribution is -0.160. The zero-order valence-corrected chi connectivity index (χ0v) is 30.8. The van der Waals surface area contributed by atoms with E-state index in [1.54, 1.807) is 6.92 Å². The van der Waals surface area contributed by atoms with Crippen LogP contribution in [0, 0.1) is 5.92 Å². The third-order valence-electron chi connectivity index (χ3n) is 9.63. The average Bonchev–Trinajstić information content (AvgIpc) is 3.11. The maximum atomic E-state index is 14.0. The highest BCUT2D eigenvalue weighted by molar-refractivity contribution is 5.95. The molecule has 0 aliphatic carbocycles. The van der Waals surface area contributed by atoms with Gasteiger partial charge in [0.2, 0.25) is 23.6 Å². The zero-order chi connectivity index (χ0) is 37.6. The minimum absolute atomic E-state index is 0.0315. The van der Waals surface area contributed by atoms with E-state index in [-0.39, 0.29) is 42.8 Å². The molecule has 3 fully saturated rings. The van der Waals surface area contributed by atoms with E-state index in [0.29, 0.717) is 58.3 Å². The van der Waals surface area contributed by atoms with Gasteiger partial charge in [0.1, 0.15) is 18.1 Å². The molecular formula is C39H57N7O6. The van der Waals surface area contributed by atoms with Crippen LogP contribution in [0.15, 0.2) is 60.7 Å². The van der Waals surface area contributed by atoms with Gasteiger partial charge in [-0.15, -0.1) is 0 Å². The van der Waals surface area contributed by atoms with Crippen LogP contribution < -0.4 is 27.4 Å². The molecule has 52 heavy (non-hydrogen) atoms. The number of nitrogens with one attached hydrogen (secondary N) is 3. The molecule has 0 aromatic heterocycles. The van der Waals surface area contributed by atoms with E-state index < -0.39 is 41.9 Å². The molecule has 0 saturated carbocycles. The van der Waals surface area contributed by atoms with Crippen molar-refractivity contribution in [2.45, 2.75) is 102 Å². The van der Waals surface area contributed by atoms with Gasteiger partial charge in [-0.25, -0.2) is 0 Å². The number of unbranched alkanes of at least 4 members (excludes halogenated alkanes) is 1. The second kappa shape index (κ2) is 20.1. The van der Waals surface area contributed by atoms with Crippen LogP contribution in [0.4, 0.5) is 0 Å². The number of ether oxygens (including phenoxy) is 1. The molecule has 5 rings (SSSR count). The van der Waals surface area contributed by atoms with Crippen LogP contribution in [0.1, 0.15) is 64.0 Å². The van der Waals surface area contributed by atoms with Gasteiger partial charge >= 0.3 is 5.97 Å². The summed E-state index contributed by atoms with van der Waals surface area (Å²) in [6, 6.07) is 15.0. The van der Waals surface area contributed by atoms with Gasteiger partial charge in [0.25, 0.3) is 0 Å². The average molecular weight is 720 g/mol. The normalized spacial score (nSPS) is 19.1. The molecule has 2 aromatic carbocycles. The number of amides is 4. The van der Waals surface area contributed by atoms with Crippen molar-refractivity contribution in [1.82, 2.24) is 25.8 Å². The van der Waals surface area contributed by atoms with E-state index in [9.17, 15) is 24.0 Å². The molecule has 3 heterocycles. The smallest absolute Gasteiger partial charge is 0.320 e. The fourth-order valence-electron chi connectivity index (χ4n) is 7.05. The molecule has 2 aromatic rings. The number of carbonyl (C=O) groups excluding carboxylic acids is 5. The first-order valence-corrected chi connectivity index (χ1v) is 18.6. The second-order valence-corrected chi connectivity index (χ2v) is 14.4. The standard InChI is InChI=1S/C39H57N7O6/c1-4-52-35(47)25-45-23-29-22-30(24-45)46(29)39(51)32(17-11-12-18-40)42-37(49)33(19-26(2)3)44-38(50)34(21-28-15-9-6-10-16-28)43-36(48)31(41)20-27-13-7-5-8-14-27/h5-10,13-16,26,29-34H,4,11-12,17-25,40-41H2,1-3H3,(H,42,49)(H,43,48)(H,44,50). The SMILES string of the molecule is CCOC(=O)CN1CC2CC(C1)N2C(=O)C(CCCCN)NC(=O)C(CC(C)C)NC(=O)C(Cc1ccccc1)NC(=O)C(N)Cc1ccccc1. The molecule has 3 saturated heterocycles. The predicted molar refractivity (Wildman–Crippen MR) is 199 cm³/mol. The zero-order valence-electron chi connectivity index (χ0n) is 30.8. The number of hydrogen-bond donors (Lipinski definition) is 5. The Morgan fingerprint density at radius 1 is 0.788 bits per heavy atom. The van der Waals surface area contributed by atoms with Crippen LogP contribution in [-0.2, 0) is 41.6 Å². The molecule has 6 unspecified atom stereocenters. The van der Waals surface area contributed by atoms with Crippen LogP contribution >= 0.6 is 0 Å². The number of rotatable bonds is 20. The molecule has 7 N–H and O–H groups in total. The molecular weight excluding hydrogens is 662 g/mol. The maximum Gasteiger partial charge on any atom is 0.320 e. The first-order chi connectivity index (χ1) is 25.0. The minimum Gasteiger partial charge on any atom is -0.465 e. The number of hydrogen-bond acceptors (Lipinski definition) is 9. The molecule has 4 amide bonds. The third kappa shape index (κ3) is 11.9. The molecule has 3 aliphatic heterocycles. The summed E-state index contributed by atoms with van der Waals surface area (Å²) in [5, 5.41) is 8.72. The van der Waals surface area contributed by atoms with Crippen molar-refractivity contribution in [1.29, 1.82) is 0 Å². The number of nitrogens with two attached hydrogens (primary N) is 2. The third-order valence-corrected chi connectivity index (χ3v) is 9.63. The van der Waals surface area contributed by atoms with Crippen molar-refractivity contribution < 1.29 is 28.7 Å². The second-order valence-electron chi connectivity index (χ2n) is 14.4. The van der Waals surface area contributed by atoms with Gasteiger partial charge < -0.3 is 37.1 Å². The lowest BCUT2D eigenvalue weighted by atomic mass is 9.86. The molecule has 13 heteroatoms. The Hall–Kier alpha value is -4.33. The number of carbonyl (C=O) groups is 5. The maximum absolute atomic E-state index is 14.0. The monoisotopic (exact) mass is 719 g/mol. The van der Waals surface area contributed by atoms with Gasteiger partial charge in [-0.05, 0) is 69.0 Å². The van der Waals surface area contributed by atoms with Gasteiger partial charge in [-0.1, -0.05) is 74.5 Å². The summed E-state index contributed by atoms with van der Waals surface area (Å²) in [5.74, 6) is -1.88. The number of benzene rings is 2. The largest absolute Gasteiger partial charge is 0.465 e. The van der Waals surface area contributed by atoms with Gasteiger partial charge in [-0.3, -0.25) is 28.9 Å².